The summed E-state index contributed by atoms with van der Waals surface area (Å²) >= 11 is 5.53. The van der Waals surface area contributed by atoms with E-state index in [1.165, 1.54) is 6.92 Å². The minimum absolute atomic E-state index is 0.00158. The number of fused-ring (bicyclic) bond motifs is 1. The Balaban J connectivity index is 2.87. The summed E-state index contributed by atoms with van der Waals surface area (Å²) in [6, 6.07) is 0. The maximum absolute atomic E-state index is 12.2. The van der Waals surface area contributed by atoms with Crippen LogP contribution in [0.2, 0.25) is 0 Å². The minimum Gasteiger partial charge on any atom is -0.477 e. The number of carbonyl (C=O) groups is 1. The van der Waals surface area contributed by atoms with Crippen molar-refractivity contribution >= 4 is 44.7 Å². The van der Waals surface area contributed by atoms with Gasteiger partial charge in [0.25, 0.3) is 5.56 Å². The monoisotopic (exact) mass is 299 g/mol. The molecule has 0 unspecified atom stereocenters. The average Bonchev–Trinajstić information content (AvgIpc) is 2.61. The van der Waals surface area contributed by atoms with E-state index in [0.29, 0.717) is 5.56 Å². The molecule has 0 atom stereocenters. The second-order valence-corrected chi connectivity index (χ2v) is 5.40. The fraction of sp³-hybridized carbons (Fsp3) is 0.200. The molecule has 0 aliphatic rings. The largest absolute Gasteiger partial charge is 0.477 e. The van der Waals surface area contributed by atoms with Crippen LogP contribution in [-0.4, -0.2) is 25.6 Å². The van der Waals surface area contributed by atoms with Gasteiger partial charge in [0.05, 0.1) is 16.9 Å². The van der Waals surface area contributed by atoms with Crippen molar-refractivity contribution in [1.82, 2.24) is 9.55 Å². The summed E-state index contributed by atoms with van der Waals surface area (Å²) in [7, 11) is 0. The van der Waals surface area contributed by atoms with Gasteiger partial charge in [-0.15, -0.1) is 11.3 Å². The van der Waals surface area contributed by atoms with Crippen LogP contribution in [0.25, 0.3) is 10.2 Å². The number of nitrogens with two attached hydrogens (primary N) is 1. The Morgan fingerprint density at radius 3 is 2.68 bits per heavy atom. The molecule has 0 radical (unpaired) electrons. The number of hydrogen-bond acceptors (Lipinski definition) is 5. The zero-order valence-electron chi connectivity index (χ0n) is 9.72. The number of aromatic amines is 1. The Morgan fingerprint density at radius 1 is 1.53 bits per heavy atom. The maximum Gasteiger partial charge on any atom is 0.346 e. The number of nitrogens with one attached hydrogen (secondary N) is 1. The first-order chi connectivity index (χ1) is 8.82. The van der Waals surface area contributed by atoms with Gasteiger partial charge in [0.15, 0.2) is 0 Å². The van der Waals surface area contributed by atoms with Crippen molar-refractivity contribution in [2.45, 2.75) is 13.5 Å². The molecule has 2 aromatic rings. The molecule has 0 fully saturated rings. The predicted molar refractivity (Wildman–Crippen MR) is 75.2 cm³/mol. The number of nitrogens with zero attached hydrogens (tertiary/aromatic N) is 1. The summed E-state index contributed by atoms with van der Waals surface area (Å²) in [5.41, 5.74) is 4.40. The summed E-state index contributed by atoms with van der Waals surface area (Å²) in [6.45, 7) is 1.34. The molecule has 4 N–H and O–H groups in total. The van der Waals surface area contributed by atoms with Gasteiger partial charge in [0, 0.05) is 0 Å². The Hall–Kier alpha value is -2.00. The zero-order chi connectivity index (χ0) is 14.3. The Kier molecular flexibility index (Phi) is 3.25. The third kappa shape index (κ3) is 2.17. The van der Waals surface area contributed by atoms with Gasteiger partial charge in [0.1, 0.15) is 9.71 Å². The fourth-order valence-corrected chi connectivity index (χ4v) is 2.91. The van der Waals surface area contributed by atoms with Crippen LogP contribution in [0.4, 0.5) is 0 Å². The molecular weight excluding hydrogens is 290 g/mol. The van der Waals surface area contributed by atoms with Crippen molar-refractivity contribution < 1.29 is 9.90 Å². The third-order valence-corrected chi connectivity index (χ3v) is 3.90. The summed E-state index contributed by atoms with van der Waals surface area (Å²) in [4.78, 5) is 37.7. The van der Waals surface area contributed by atoms with Crippen molar-refractivity contribution in [2.24, 2.45) is 5.73 Å². The summed E-state index contributed by atoms with van der Waals surface area (Å²) < 4.78 is 0.857. The Bertz CT molecular complexity index is 815. The van der Waals surface area contributed by atoms with E-state index in [4.69, 9.17) is 10.8 Å². The van der Waals surface area contributed by atoms with Gasteiger partial charge >= 0.3 is 11.7 Å². The lowest BCUT2D eigenvalue weighted by Crippen LogP contribution is -2.38. The maximum atomic E-state index is 12.2. The zero-order valence-corrected chi connectivity index (χ0v) is 11.4. The minimum atomic E-state index is -1.14. The topological polar surface area (TPSA) is 118 Å². The van der Waals surface area contributed by atoms with E-state index in [0.717, 1.165) is 15.9 Å². The molecule has 2 heterocycles. The highest BCUT2D eigenvalue weighted by Gasteiger charge is 2.19. The molecule has 0 saturated heterocycles. The molecule has 0 aliphatic carbocycles. The van der Waals surface area contributed by atoms with E-state index in [1.54, 1.807) is 0 Å². The number of hydrogen-bond donors (Lipinski definition) is 3. The number of H-pyrrole nitrogens is 1. The van der Waals surface area contributed by atoms with Gasteiger partial charge in [-0.25, -0.2) is 9.59 Å². The van der Waals surface area contributed by atoms with Crippen molar-refractivity contribution in [2.75, 3.05) is 0 Å². The molecule has 100 valence electrons. The van der Waals surface area contributed by atoms with Gasteiger partial charge in [-0.1, -0.05) is 12.2 Å². The first-order valence-corrected chi connectivity index (χ1v) is 6.33. The molecule has 0 aromatic carbocycles. The number of carboxylic acid groups (broad SMARTS) is 1. The molecular formula is C10H9N3O4S2. The molecule has 0 saturated carbocycles. The van der Waals surface area contributed by atoms with E-state index >= 15 is 0 Å². The highest BCUT2D eigenvalue weighted by Crippen LogP contribution is 2.25. The van der Waals surface area contributed by atoms with Crippen LogP contribution in [-0.2, 0) is 6.54 Å². The standard InChI is InChI=1S/C10H9N3O4S2/c1-3-5-7(19-6(3)9(15)16)12-10(17)13(8(5)14)2-4(11)18/h2H2,1H3,(H2,11,18)(H,12,17)(H,15,16). The van der Waals surface area contributed by atoms with Crippen LogP contribution in [0.15, 0.2) is 9.59 Å². The molecule has 0 spiro atoms. The second-order valence-electron chi connectivity index (χ2n) is 3.85. The Labute approximate surface area is 115 Å². The van der Waals surface area contributed by atoms with Crippen molar-refractivity contribution in [1.29, 1.82) is 0 Å². The van der Waals surface area contributed by atoms with Crippen LogP contribution >= 0.6 is 23.6 Å². The number of aryl methyl sites for hydroxylation is 1. The molecule has 0 bridgehead atoms. The number of thiocarbonyl (C=S) groups is 1. The van der Waals surface area contributed by atoms with Gasteiger partial charge in [0.2, 0.25) is 0 Å². The number of rotatable bonds is 3. The molecule has 0 aliphatic heterocycles. The van der Waals surface area contributed by atoms with Gasteiger partial charge in [-0.2, -0.15) is 0 Å². The number of aromatic nitrogens is 2. The molecule has 7 nitrogen and oxygen atoms in total. The van der Waals surface area contributed by atoms with Crippen LogP contribution in [0.1, 0.15) is 15.2 Å². The first kappa shape index (κ1) is 13.4. The van der Waals surface area contributed by atoms with Gasteiger partial charge in [-0.3, -0.25) is 14.3 Å². The van der Waals surface area contributed by atoms with E-state index in [-0.39, 0.29) is 26.6 Å². The SMILES string of the molecule is Cc1c(C(=O)O)sc2[nH]c(=O)n(CC(N)=S)c(=O)c12. The lowest BCUT2D eigenvalue weighted by Gasteiger charge is -2.02. The van der Waals surface area contributed by atoms with E-state index in [1.807, 2.05) is 0 Å². The lowest BCUT2D eigenvalue weighted by molar-refractivity contribution is 0.0701. The van der Waals surface area contributed by atoms with E-state index in [2.05, 4.69) is 17.2 Å². The quantitative estimate of drug-likeness (QED) is 0.689. The summed E-state index contributed by atoms with van der Waals surface area (Å²) in [5, 5.41) is 9.19. The fourth-order valence-electron chi connectivity index (χ4n) is 1.75. The van der Waals surface area contributed by atoms with Crippen molar-refractivity contribution in [3.63, 3.8) is 0 Å². The smallest absolute Gasteiger partial charge is 0.346 e. The van der Waals surface area contributed by atoms with E-state index < -0.39 is 17.2 Å². The molecule has 0 amide bonds. The molecule has 2 aromatic heterocycles. The highest BCUT2D eigenvalue weighted by atomic mass is 32.1. The number of carboxylic acids is 1. The van der Waals surface area contributed by atoms with Crippen LogP contribution in [0.3, 0.4) is 0 Å². The average molecular weight is 299 g/mol. The lowest BCUT2D eigenvalue weighted by atomic mass is 10.2. The van der Waals surface area contributed by atoms with E-state index in [9.17, 15) is 14.4 Å². The van der Waals surface area contributed by atoms with Crippen molar-refractivity contribution in [3.05, 3.63) is 31.3 Å². The predicted octanol–water partition coefficient (Wildman–Crippen LogP) is 0.0440. The van der Waals surface area contributed by atoms with Crippen LogP contribution in [0.5, 0.6) is 0 Å². The highest BCUT2D eigenvalue weighted by molar-refractivity contribution is 7.80. The van der Waals surface area contributed by atoms with Crippen LogP contribution in [0, 0.1) is 6.92 Å². The molecule has 19 heavy (non-hydrogen) atoms. The summed E-state index contributed by atoms with van der Waals surface area (Å²) in [6.07, 6.45) is 0. The first-order valence-electron chi connectivity index (χ1n) is 5.10. The third-order valence-electron chi connectivity index (χ3n) is 2.58. The van der Waals surface area contributed by atoms with Gasteiger partial charge in [-0.05, 0) is 12.5 Å². The van der Waals surface area contributed by atoms with Crippen LogP contribution < -0.4 is 17.0 Å². The molecule has 9 heteroatoms. The Morgan fingerprint density at radius 2 is 2.16 bits per heavy atom. The summed E-state index contributed by atoms with van der Waals surface area (Å²) in [5.74, 6) is -1.14. The molecule has 2 rings (SSSR count). The van der Waals surface area contributed by atoms with Gasteiger partial charge < -0.3 is 10.8 Å². The second kappa shape index (κ2) is 4.59. The normalized spacial score (nSPS) is 10.8. The number of thiophene rings is 1. The number of aromatic carboxylic acids is 1. The van der Waals surface area contributed by atoms with Crippen molar-refractivity contribution in [3.8, 4) is 0 Å².